The van der Waals surface area contributed by atoms with Crippen LogP contribution in [0.4, 0.5) is 5.82 Å². The minimum atomic E-state index is -0.136. The van der Waals surface area contributed by atoms with Crippen LogP contribution in [0.15, 0.2) is 12.3 Å². The molecule has 0 bridgehead atoms. The van der Waals surface area contributed by atoms with Crippen LogP contribution in [0.5, 0.6) is 0 Å². The number of nitrogens with zero attached hydrogens (tertiary/aromatic N) is 2. The molecule has 2 heterocycles. The number of carbonyl (C=O) groups excluding carboxylic acids is 2. The first-order valence-electron chi connectivity index (χ1n) is 5.03. The first-order chi connectivity index (χ1) is 8.17. The van der Waals surface area contributed by atoms with Crippen LogP contribution >= 0.6 is 11.6 Å². The zero-order valence-corrected chi connectivity index (χ0v) is 9.65. The van der Waals surface area contributed by atoms with Gasteiger partial charge >= 0.3 is 0 Å². The Kier molecular flexibility index (Phi) is 3.12. The number of hydrogen-bond donors (Lipinski definition) is 0. The van der Waals surface area contributed by atoms with Crippen LogP contribution in [0.25, 0.3) is 0 Å². The Labute approximate surface area is 104 Å². The summed E-state index contributed by atoms with van der Waals surface area (Å²) in [4.78, 5) is 28.2. The van der Waals surface area contributed by atoms with Gasteiger partial charge in [-0.15, -0.1) is 12.3 Å². The van der Waals surface area contributed by atoms with E-state index >= 15 is 0 Å². The molecule has 5 heteroatoms. The van der Waals surface area contributed by atoms with Crippen molar-refractivity contribution >= 4 is 29.6 Å². The van der Waals surface area contributed by atoms with Gasteiger partial charge < -0.3 is 0 Å². The fourth-order valence-corrected chi connectivity index (χ4v) is 1.97. The molecule has 1 aromatic heterocycles. The number of amides is 1. The SMILES string of the molecule is C#CC1CC(=O)N(c2nccc(Cl)c2C=O)C1. The van der Waals surface area contributed by atoms with Crippen LogP contribution in [0.2, 0.25) is 5.02 Å². The quantitative estimate of drug-likeness (QED) is 0.589. The van der Waals surface area contributed by atoms with Crippen molar-refractivity contribution in [3.05, 3.63) is 22.8 Å². The van der Waals surface area contributed by atoms with Crippen LogP contribution in [-0.2, 0) is 4.79 Å². The molecule has 4 nitrogen and oxygen atoms in total. The monoisotopic (exact) mass is 248 g/mol. The first kappa shape index (κ1) is 11.6. The first-order valence-corrected chi connectivity index (χ1v) is 5.41. The summed E-state index contributed by atoms with van der Waals surface area (Å²) in [5, 5.41) is 0.280. The minimum Gasteiger partial charge on any atom is -0.298 e. The lowest BCUT2D eigenvalue weighted by atomic mass is 10.1. The average Bonchev–Trinajstić information content (AvgIpc) is 2.70. The van der Waals surface area contributed by atoms with Crippen LogP contribution in [-0.4, -0.2) is 23.7 Å². The predicted octanol–water partition coefficient (Wildman–Crippen LogP) is 1.53. The van der Waals surface area contributed by atoms with Gasteiger partial charge in [0.1, 0.15) is 5.82 Å². The van der Waals surface area contributed by atoms with Gasteiger partial charge in [0.2, 0.25) is 5.91 Å². The van der Waals surface area contributed by atoms with E-state index in [9.17, 15) is 9.59 Å². The summed E-state index contributed by atoms with van der Waals surface area (Å²) in [6.45, 7) is 0.378. The average molecular weight is 249 g/mol. The lowest BCUT2D eigenvalue weighted by molar-refractivity contribution is -0.117. The highest BCUT2D eigenvalue weighted by Gasteiger charge is 2.31. The highest BCUT2D eigenvalue weighted by Crippen LogP contribution is 2.28. The molecule has 1 saturated heterocycles. The van der Waals surface area contributed by atoms with E-state index < -0.39 is 0 Å². The largest absolute Gasteiger partial charge is 0.298 e. The molecule has 0 spiro atoms. The summed E-state index contributed by atoms with van der Waals surface area (Å²) in [6.07, 6.45) is 7.63. The molecule has 0 aliphatic carbocycles. The van der Waals surface area contributed by atoms with Gasteiger partial charge in [0.25, 0.3) is 0 Å². The van der Waals surface area contributed by atoms with Gasteiger partial charge in [-0.3, -0.25) is 14.5 Å². The third kappa shape index (κ3) is 2.02. The third-order valence-corrected chi connectivity index (χ3v) is 2.98. The van der Waals surface area contributed by atoms with Gasteiger partial charge in [-0.1, -0.05) is 11.6 Å². The van der Waals surface area contributed by atoms with Crippen molar-refractivity contribution in [2.75, 3.05) is 11.4 Å². The van der Waals surface area contributed by atoms with Gasteiger partial charge in [-0.05, 0) is 6.07 Å². The van der Waals surface area contributed by atoms with Crippen molar-refractivity contribution in [2.24, 2.45) is 5.92 Å². The van der Waals surface area contributed by atoms with E-state index in [1.807, 2.05) is 0 Å². The number of rotatable bonds is 2. The number of carbonyl (C=O) groups is 2. The molecule has 1 aliphatic rings. The van der Waals surface area contributed by atoms with Crippen molar-refractivity contribution in [3.63, 3.8) is 0 Å². The van der Waals surface area contributed by atoms with Crippen molar-refractivity contribution < 1.29 is 9.59 Å². The predicted molar refractivity (Wildman–Crippen MR) is 63.9 cm³/mol. The van der Waals surface area contributed by atoms with E-state index in [2.05, 4.69) is 10.9 Å². The second-order valence-electron chi connectivity index (χ2n) is 3.72. The van der Waals surface area contributed by atoms with Gasteiger partial charge in [0.05, 0.1) is 10.6 Å². The number of anilines is 1. The Morgan fingerprint density at radius 2 is 2.41 bits per heavy atom. The number of aromatic nitrogens is 1. The Morgan fingerprint density at radius 1 is 1.65 bits per heavy atom. The molecule has 1 aromatic rings. The van der Waals surface area contributed by atoms with Gasteiger partial charge in [-0.2, -0.15) is 0 Å². The molecule has 1 aliphatic heterocycles. The maximum Gasteiger partial charge on any atom is 0.229 e. The van der Waals surface area contributed by atoms with Crippen LogP contribution < -0.4 is 4.90 Å². The van der Waals surface area contributed by atoms with E-state index in [0.717, 1.165) is 0 Å². The van der Waals surface area contributed by atoms with E-state index in [0.29, 0.717) is 12.8 Å². The Balaban J connectivity index is 2.42. The van der Waals surface area contributed by atoms with Gasteiger partial charge in [-0.25, -0.2) is 4.98 Å². The normalized spacial score (nSPS) is 19.2. The highest BCUT2D eigenvalue weighted by molar-refractivity contribution is 6.33. The van der Waals surface area contributed by atoms with Crippen molar-refractivity contribution in [1.29, 1.82) is 0 Å². The molecule has 1 atom stereocenters. The smallest absolute Gasteiger partial charge is 0.229 e. The van der Waals surface area contributed by atoms with Gasteiger partial charge in [0, 0.05) is 25.1 Å². The molecular weight excluding hydrogens is 240 g/mol. The maximum absolute atomic E-state index is 11.8. The molecule has 0 radical (unpaired) electrons. The lowest BCUT2D eigenvalue weighted by Gasteiger charge is -2.16. The summed E-state index contributed by atoms with van der Waals surface area (Å²) >= 11 is 5.88. The summed E-state index contributed by atoms with van der Waals surface area (Å²) < 4.78 is 0. The third-order valence-electron chi connectivity index (χ3n) is 2.65. The van der Waals surface area contributed by atoms with E-state index in [-0.39, 0.29) is 34.6 Å². The van der Waals surface area contributed by atoms with E-state index in [4.69, 9.17) is 18.0 Å². The molecule has 0 aromatic carbocycles. The summed E-state index contributed by atoms with van der Waals surface area (Å²) in [6, 6.07) is 1.51. The summed E-state index contributed by atoms with van der Waals surface area (Å²) in [5.41, 5.74) is 0.222. The van der Waals surface area contributed by atoms with E-state index in [1.165, 1.54) is 17.2 Å². The summed E-state index contributed by atoms with van der Waals surface area (Å²) in [5.74, 6) is 2.55. The Morgan fingerprint density at radius 3 is 3.00 bits per heavy atom. The summed E-state index contributed by atoms with van der Waals surface area (Å²) in [7, 11) is 0. The van der Waals surface area contributed by atoms with Crippen LogP contribution in [0.1, 0.15) is 16.8 Å². The van der Waals surface area contributed by atoms with Gasteiger partial charge in [0.15, 0.2) is 6.29 Å². The number of halogens is 1. The molecule has 2 rings (SSSR count). The van der Waals surface area contributed by atoms with E-state index in [1.54, 1.807) is 0 Å². The molecule has 1 unspecified atom stereocenters. The maximum atomic E-state index is 11.8. The van der Waals surface area contributed by atoms with Crippen molar-refractivity contribution in [2.45, 2.75) is 6.42 Å². The number of terminal acetylenes is 1. The number of hydrogen-bond acceptors (Lipinski definition) is 3. The zero-order valence-electron chi connectivity index (χ0n) is 8.89. The molecule has 86 valence electrons. The van der Waals surface area contributed by atoms with Crippen molar-refractivity contribution in [3.8, 4) is 12.3 Å². The number of aldehydes is 1. The van der Waals surface area contributed by atoms with Crippen LogP contribution in [0, 0.1) is 18.3 Å². The second kappa shape index (κ2) is 4.56. The molecule has 0 N–H and O–H groups in total. The molecule has 1 amide bonds. The fraction of sp³-hybridized carbons (Fsp3) is 0.250. The van der Waals surface area contributed by atoms with Crippen molar-refractivity contribution in [1.82, 2.24) is 4.98 Å². The Bertz CT molecular complexity index is 522. The Hall–Kier alpha value is -1.86. The topological polar surface area (TPSA) is 50.3 Å². The fourth-order valence-electron chi connectivity index (χ4n) is 1.79. The molecule has 17 heavy (non-hydrogen) atoms. The molecular formula is C12H9ClN2O2. The standard InChI is InChI=1S/C12H9ClN2O2/c1-2-8-5-11(17)15(6-8)12-9(7-16)10(13)3-4-14-12/h1,3-4,7-8H,5-6H2. The lowest BCUT2D eigenvalue weighted by Crippen LogP contribution is -2.26. The molecule has 0 saturated carbocycles. The zero-order chi connectivity index (χ0) is 12.4. The minimum absolute atomic E-state index is 0.134. The second-order valence-corrected chi connectivity index (χ2v) is 4.13. The van der Waals surface area contributed by atoms with Crippen LogP contribution in [0.3, 0.4) is 0 Å². The highest BCUT2D eigenvalue weighted by atomic mass is 35.5. The number of pyridine rings is 1. The molecule has 1 fully saturated rings.